The van der Waals surface area contributed by atoms with E-state index in [-0.39, 0.29) is 5.91 Å². The standard InChI is InChI=1S/C17H17ClN2O/c1-17(2)13-5-3-4-6-15(13)20(16(17)21)10-11-9-12(19)7-8-14(11)18/h3-9H,10,19H2,1-2H3. The summed E-state index contributed by atoms with van der Waals surface area (Å²) >= 11 is 6.23. The molecular weight excluding hydrogens is 284 g/mol. The Morgan fingerprint density at radius 3 is 2.67 bits per heavy atom. The van der Waals surface area contributed by atoms with Gasteiger partial charge in [0.25, 0.3) is 0 Å². The van der Waals surface area contributed by atoms with E-state index in [0.29, 0.717) is 17.3 Å². The molecule has 0 unspecified atom stereocenters. The van der Waals surface area contributed by atoms with Gasteiger partial charge in [0.2, 0.25) is 5.91 Å². The maximum atomic E-state index is 12.7. The van der Waals surface area contributed by atoms with E-state index in [9.17, 15) is 4.79 Å². The van der Waals surface area contributed by atoms with Gasteiger partial charge in [-0.15, -0.1) is 0 Å². The number of benzene rings is 2. The van der Waals surface area contributed by atoms with Crippen LogP contribution in [0.15, 0.2) is 42.5 Å². The van der Waals surface area contributed by atoms with Gasteiger partial charge in [-0.2, -0.15) is 0 Å². The third-order valence-electron chi connectivity index (χ3n) is 4.05. The van der Waals surface area contributed by atoms with Crippen LogP contribution < -0.4 is 10.6 Å². The lowest BCUT2D eigenvalue weighted by atomic mass is 9.86. The maximum Gasteiger partial charge on any atom is 0.237 e. The molecule has 0 fully saturated rings. The summed E-state index contributed by atoms with van der Waals surface area (Å²) in [4.78, 5) is 14.5. The average Bonchev–Trinajstić information content (AvgIpc) is 2.65. The first kappa shape index (κ1) is 14.0. The smallest absolute Gasteiger partial charge is 0.237 e. The largest absolute Gasteiger partial charge is 0.399 e. The fourth-order valence-electron chi connectivity index (χ4n) is 2.84. The van der Waals surface area contributed by atoms with Gasteiger partial charge < -0.3 is 10.6 Å². The summed E-state index contributed by atoms with van der Waals surface area (Å²) in [6.07, 6.45) is 0. The topological polar surface area (TPSA) is 46.3 Å². The molecule has 2 aromatic rings. The number of fused-ring (bicyclic) bond motifs is 1. The third-order valence-corrected chi connectivity index (χ3v) is 4.41. The van der Waals surface area contributed by atoms with Crippen molar-refractivity contribution in [1.82, 2.24) is 0 Å². The van der Waals surface area contributed by atoms with Crippen molar-refractivity contribution in [2.24, 2.45) is 0 Å². The second-order valence-electron chi connectivity index (χ2n) is 5.88. The highest BCUT2D eigenvalue weighted by Crippen LogP contribution is 2.42. The van der Waals surface area contributed by atoms with E-state index in [1.54, 1.807) is 17.0 Å². The molecule has 1 amide bonds. The van der Waals surface area contributed by atoms with Gasteiger partial charge in [-0.05, 0) is 49.2 Å². The lowest BCUT2D eigenvalue weighted by Gasteiger charge is -2.21. The number of hydrogen-bond donors (Lipinski definition) is 1. The van der Waals surface area contributed by atoms with Crippen LogP contribution in [0.4, 0.5) is 11.4 Å². The number of halogens is 1. The molecule has 3 nitrogen and oxygen atoms in total. The Bertz CT molecular complexity index is 724. The summed E-state index contributed by atoms with van der Waals surface area (Å²) in [6.45, 7) is 4.34. The molecule has 0 spiro atoms. The zero-order valence-corrected chi connectivity index (χ0v) is 12.8. The first-order valence-electron chi connectivity index (χ1n) is 6.86. The molecule has 0 aliphatic carbocycles. The second-order valence-corrected chi connectivity index (χ2v) is 6.29. The highest BCUT2D eigenvalue weighted by Gasteiger charge is 2.43. The van der Waals surface area contributed by atoms with Crippen molar-refractivity contribution in [3.8, 4) is 0 Å². The number of nitrogens with two attached hydrogens (primary N) is 1. The highest BCUT2D eigenvalue weighted by molar-refractivity contribution is 6.31. The zero-order valence-electron chi connectivity index (χ0n) is 12.1. The van der Waals surface area contributed by atoms with Gasteiger partial charge in [-0.3, -0.25) is 4.79 Å². The lowest BCUT2D eigenvalue weighted by molar-refractivity contribution is -0.122. The number of hydrogen-bond acceptors (Lipinski definition) is 2. The predicted molar refractivity (Wildman–Crippen MR) is 86.5 cm³/mol. The molecule has 2 N–H and O–H groups in total. The van der Waals surface area contributed by atoms with Crippen LogP contribution in [0.25, 0.3) is 0 Å². The normalized spacial score (nSPS) is 16.1. The number of carbonyl (C=O) groups is 1. The summed E-state index contributed by atoms with van der Waals surface area (Å²) in [5.74, 6) is 0.0854. The first-order chi connectivity index (χ1) is 9.91. The van der Waals surface area contributed by atoms with Crippen molar-refractivity contribution in [3.63, 3.8) is 0 Å². The van der Waals surface area contributed by atoms with E-state index in [1.807, 2.05) is 44.2 Å². The quantitative estimate of drug-likeness (QED) is 0.859. The van der Waals surface area contributed by atoms with E-state index in [2.05, 4.69) is 0 Å². The molecule has 1 aliphatic rings. The molecule has 3 rings (SSSR count). The maximum absolute atomic E-state index is 12.7. The molecule has 0 atom stereocenters. The van der Waals surface area contributed by atoms with E-state index < -0.39 is 5.41 Å². The monoisotopic (exact) mass is 300 g/mol. The van der Waals surface area contributed by atoms with E-state index >= 15 is 0 Å². The highest BCUT2D eigenvalue weighted by atomic mass is 35.5. The first-order valence-corrected chi connectivity index (χ1v) is 7.24. The Morgan fingerprint density at radius 2 is 1.90 bits per heavy atom. The molecule has 108 valence electrons. The molecule has 0 bridgehead atoms. The minimum absolute atomic E-state index is 0.0854. The Hall–Kier alpha value is -2.00. The summed E-state index contributed by atoms with van der Waals surface area (Å²) in [7, 11) is 0. The van der Waals surface area contributed by atoms with Crippen molar-refractivity contribution in [2.45, 2.75) is 25.8 Å². The fraction of sp³-hybridized carbons (Fsp3) is 0.235. The molecule has 0 aromatic heterocycles. The number of para-hydroxylation sites is 1. The molecule has 21 heavy (non-hydrogen) atoms. The van der Waals surface area contributed by atoms with Crippen LogP contribution in [-0.4, -0.2) is 5.91 Å². The minimum Gasteiger partial charge on any atom is -0.399 e. The second kappa shape index (κ2) is 4.78. The molecule has 4 heteroatoms. The van der Waals surface area contributed by atoms with Crippen LogP contribution in [0.2, 0.25) is 5.02 Å². The third kappa shape index (κ3) is 2.18. The lowest BCUT2D eigenvalue weighted by Crippen LogP contribution is -2.35. The van der Waals surface area contributed by atoms with Gasteiger partial charge in [-0.1, -0.05) is 29.8 Å². The van der Waals surface area contributed by atoms with E-state index in [4.69, 9.17) is 17.3 Å². The number of nitrogens with zero attached hydrogens (tertiary/aromatic N) is 1. The summed E-state index contributed by atoms with van der Waals surface area (Å²) in [6, 6.07) is 13.2. The summed E-state index contributed by atoms with van der Waals surface area (Å²) < 4.78 is 0. The number of rotatable bonds is 2. The molecule has 1 aliphatic heterocycles. The Labute approximate surface area is 129 Å². The number of carbonyl (C=O) groups excluding carboxylic acids is 1. The molecule has 0 saturated heterocycles. The van der Waals surface area contributed by atoms with Gasteiger partial charge in [0, 0.05) is 16.4 Å². The van der Waals surface area contributed by atoms with Crippen LogP contribution in [-0.2, 0) is 16.8 Å². The molecule has 0 radical (unpaired) electrons. The van der Waals surface area contributed by atoms with Crippen molar-refractivity contribution in [2.75, 3.05) is 10.6 Å². The Kier molecular flexibility index (Phi) is 3.18. The van der Waals surface area contributed by atoms with Gasteiger partial charge in [0.1, 0.15) is 0 Å². The zero-order chi connectivity index (χ0) is 15.2. The van der Waals surface area contributed by atoms with Gasteiger partial charge in [-0.25, -0.2) is 0 Å². The number of anilines is 2. The Balaban J connectivity index is 2.04. The SMILES string of the molecule is CC1(C)C(=O)N(Cc2cc(N)ccc2Cl)c2ccccc21. The Morgan fingerprint density at radius 1 is 1.19 bits per heavy atom. The fourth-order valence-corrected chi connectivity index (χ4v) is 3.02. The minimum atomic E-state index is -0.511. The van der Waals surface area contributed by atoms with Crippen molar-refractivity contribution in [3.05, 3.63) is 58.6 Å². The van der Waals surface area contributed by atoms with Crippen LogP contribution in [0.1, 0.15) is 25.0 Å². The van der Waals surface area contributed by atoms with Gasteiger partial charge >= 0.3 is 0 Å². The molecular formula is C17H17ClN2O. The predicted octanol–water partition coefficient (Wildman–Crippen LogP) is 3.75. The molecule has 1 heterocycles. The van der Waals surface area contributed by atoms with E-state index in [0.717, 1.165) is 16.8 Å². The summed E-state index contributed by atoms with van der Waals surface area (Å²) in [5.41, 5.74) is 8.82. The van der Waals surface area contributed by atoms with Crippen LogP contribution in [0, 0.1) is 0 Å². The summed E-state index contributed by atoms with van der Waals surface area (Å²) in [5, 5.41) is 0.624. The number of amides is 1. The van der Waals surface area contributed by atoms with Crippen molar-refractivity contribution in [1.29, 1.82) is 0 Å². The van der Waals surface area contributed by atoms with E-state index in [1.165, 1.54) is 0 Å². The average molecular weight is 301 g/mol. The van der Waals surface area contributed by atoms with Gasteiger partial charge in [0.15, 0.2) is 0 Å². The molecule has 0 saturated carbocycles. The van der Waals surface area contributed by atoms with Crippen LogP contribution >= 0.6 is 11.6 Å². The van der Waals surface area contributed by atoms with Gasteiger partial charge in [0.05, 0.1) is 12.0 Å². The van der Waals surface area contributed by atoms with Crippen LogP contribution in [0.5, 0.6) is 0 Å². The number of nitrogen functional groups attached to an aromatic ring is 1. The van der Waals surface area contributed by atoms with Crippen molar-refractivity contribution < 1.29 is 4.79 Å². The van der Waals surface area contributed by atoms with Crippen LogP contribution in [0.3, 0.4) is 0 Å². The van der Waals surface area contributed by atoms with Crippen molar-refractivity contribution >= 4 is 28.9 Å². The molecule has 2 aromatic carbocycles.